The van der Waals surface area contributed by atoms with E-state index in [0.717, 1.165) is 11.3 Å². The number of hydrogen-bond acceptors (Lipinski definition) is 3. The fraction of sp³-hybridized carbons (Fsp3) is 0.357. The summed E-state index contributed by atoms with van der Waals surface area (Å²) in [6.07, 6.45) is 1.72. The number of carbonyl (C=O) groups excluding carboxylic acids is 1. The van der Waals surface area contributed by atoms with Crippen molar-refractivity contribution in [3.63, 3.8) is 0 Å². The lowest BCUT2D eigenvalue weighted by atomic mass is 10.2. The minimum Gasteiger partial charge on any atom is -0.492 e. The molecule has 0 bridgehead atoms. The Labute approximate surface area is 108 Å². The van der Waals surface area contributed by atoms with Crippen molar-refractivity contribution in [3.8, 4) is 5.75 Å². The molecule has 0 atom stereocenters. The lowest BCUT2D eigenvalue weighted by Crippen LogP contribution is -2.36. The molecule has 0 unspecified atom stereocenters. The molecule has 4 nitrogen and oxygen atoms in total. The highest BCUT2D eigenvalue weighted by molar-refractivity contribution is 5.77. The summed E-state index contributed by atoms with van der Waals surface area (Å²) >= 11 is 0. The molecule has 0 aliphatic carbocycles. The number of hydrogen-bond donors (Lipinski definition) is 2. The fourth-order valence-corrected chi connectivity index (χ4v) is 1.41. The smallest absolute Gasteiger partial charge is 0.234 e. The van der Waals surface area contributed by atoms with E-state index in [9.17, 15) is 4.79 Å². The molecule has 1 amide bonds. The van der Waals surface area contributed by atoms with Gasteiger partial charge in [0.15, 0.2) is 0 Å². The maximum Gasteiger partial charge on any atom is 0.234 e. The maximum atomic E-state index is 11.3. The molecule has 0 saturated heterocycles. The van der Waals surface area contributed by atoms with Gasteiger partial charge in [0.1, 0.15) is 12.4 Å². The second-order valence-electron chi connectivity index (χ2n) is 3.93. The Balaban J connectivity index is 2.11. The van der Waals surface area contributed by atoms with Crippen LogP contribution in [0.1, 0.15) is 5.56 Å². The van der Waals surface area contributed by atoms with Crippen LogP contribution in [0.2, 0.25) is 0 Å². The minimum atomic E-state index is -0.0373. The van der Waals surface area contributed by atoms with Gasteiger partial charge in [0, 0.05) is 6.54 Å². The van der Waals surface area contributed by atoms with Gasteiger partial charge in [0.2, 0.25) is 5.91 Å². The van der Waals surface area contributed by atoms with Crippen LogP contribution in [0, 0.1) is 6.92 Å². The predicted octanol–water partition coefficient (Wildman–Crippen LogP) is 1.27. The van der Waals surface area contributed by atoms with Gasteiger partial charge in [-0.25, -0.2) is 0 Å². The zero-order valence-electron chi connectivity index (χ0n) is 10.7. The Morgan fingerprint density at radius 1 is 1.50 bits per heavy atom. The molecule has 2 N–H and O–H groups in total. The average Bonchev–Trinajstić information content (AvgIpc) is 2.35. The van der Waals surface area contributed by atoms with Crippen LogP contribution in [0.4, 0.5) is 0 Å². The maximum absolute atomic E-state index is 11.3. The van der Waals surface area contributed by atoms with Gasteiger partial charge < -0.3 is 15.4 Å². The molecule has 0 heterocycles. The van der Waals surface area contributed by atoms with Crippen molar-refractivity contribution < 1.29 is 9.53 Å². The standard InChI is InChI=1S/C14H20N2O2/c1-3-7-15-11-14(17)16-8-9-18-13-6-4-5-12(2)10-13/h3-6,10,15H,1,7-9,11H2,2H3,(H,16,17). The van der Waals surface area contributed by atoms with Gasteiger partial charge in [-0.3, -0.25) is 4.79 Å². The van der Waals surface area contributed by atoms with Crippen molar-refractivity contribution >= 4 is 5.91 Å². The van der Waals surface area contributed by atoms with Crippen molar-refractivity contribution in [3.05, 3.63) is 42.5 Å². The summed E-state index contributed by atoms with van der Waals surface area (Å²) in [5.74, 6) is 0.790. The van der Waals surface area contributed by atoms with Crippen molar-refractivity contribution in [1.82, 2.24) is 10.6 Å². The molecular formula is C14H20N2O2. The highest BCUT2D eigenvalue weighted by atomic mass is 16.5. The summed E-state index contributed by atoms with van der Waals surface area (Å²) in [5, 5.41) is 5.70. The van der Waals surface area contributed by atoms with Crippen LogP contribution >= 0.6 is 0 Å². The van der Waals surface area contributed by atoms with E-state index in [1.165, 1.54) is 0 Å². The third kappa shape index (κ3) is 6.06. The van der Waals surface area contributed by atoms with E-state index in [4.69, 9.17) is 4.74 Å². The molecule has 0 spiro atoms. The van der Waals surface area contributed by atoms with E-state index >= 15 is 0 Å². The van der Waals surface area contributed by atoms with Crippen molar-refractivity contribution in [2.45, 2.75) is 6.92 Å². The van der Waals surface area contributed by atoms with Gasteiger partial charge in [-0.2, -0.15) is 0 Å². The van der Waals surface area contributed by atoms with Gasteiger partial charge in [-0.05, 0) is 24.6 Å². The lowest BCUT2D eigenvalue weighted by Gasteiger charge is -2.08. The molecular weight excluding hydrogens is 228 g/mol. The number of rotatable bonds is 8. The summed E-state index contributed by atoms with van der Waals surface area (Å²) in [5.41, 5.74) is 1.16. The molecule has 0 aliphatic heterocycles. The van der Waals surface area contributed by atoms with E-state index in [1.54, 1.807) is 6.08 Å². The number of benzene rings is 1. The number of ether oxygens (including phenoxy) is 1. The Morgan fingerprint density at radius 3 is 3.06 bits per heavy atom. The predicted molar refractivity (Wildman–Crippen MR) is 72.8 cm³/mol. The van der Waals surface area contributed by atoms with Crippen LogP contribution in [0.15, 0.2) is 36.9 Å². The summed E-state index contributed by atoms with van der Waals surface area (Å²) < 4.78 is 5.51. The Hall–Kier alpha value is -1.81. The molecule has 0 fully saturated rings. The van der Waals surface area contributed by atoms with E-state index < -0.39 is 0 Å². The highest BCUT2D eigenvalue weighted by Crippen LogP contribution is 2.11. The number of aryl methyl sites for hydroxylation is 1. The Kier molecular flexibility index (Phi) is 6.58. The first-order valence-electron chi connectivity index (χ1n) is 6.00. The van der Waals surface area contributed by atoms with E-state index in [1.807, 2.05) is 31.2 Å². The van der Waals surface area contributed by atoms with Gasteiger partial charge in [0.25, 0.3) is 0 Å². The van der Waals surface area contributed by atoms with Gasteiger partial charge in [0.05, 0.1) is 13.1 Å². The summed E-state index contributed by atoms with van der Waals surface area (Å²) in [7, 11) is 0. The summed E-state index contributed by atoms with van der Waals surface area (Å²) in [6.45, 7) is 7.48. The zero-order valence-corrected chi connectivity index (χ0v) is 10.7. The molecule has 0 saturated carbocycles. The molecule has 1 rings (SSSR count). The van der Waals surface area contributed by atoms with Crippen molar-refractivity contribution in [1.29, 1.82) is 0 Å². The largest absolute Gasteiger partial charge is 0.492 e. The third-order valence-electron chi connectivity index (χ3n) is 2.26. The van der Waals surface area contributed by atoms with Crippen LogP contribution in [0.5, 0.6) is 5.75 Å². The van der Waals surface area contributed by atoms with Gasteiger partial charge in [-0.15, -0.1) is 6.58 Å². The molecule has 1 aromatic rings. The van der Waals surface area contributed by atoms with Gasteiger partial charge >= 0.3 is 0 Å². The number of nitrogens with one attached hydrogen (secondary N) is 2. The Bertz CT molecular complexity index is 391. The normalized spacial score (nSPS) is 9.83. The zero-order chi connectivity index (χ0) is 13.2. The van der Waals surface area contributed by atoms with Crippen LogP contribution in [0.25, 0.3) is 0 Å². The highest BCUT2D eigenvalue weighted by Gasteiger charge is 1.99. The second-order valence-corrected chi connectivity index (χ2v) is 3.93. The molecule has 0 aromatic heterocycles. The Morgan fingerprint density at radius 2 is 2.33 bits per heavy atom. The average molecular weight is 248 g/mol. The van der Waals surface area contributed by atoms with Crippen molar-refractivity contribution in [2.24, 2.45) is 0 Å². The second kappa shape index (κ2) is 8.31. The molecule has 0 aliphatic rings. The molecule has 98 valence electrons. The first-order chi connectivity index (χ1) is 8.72. The first-order valence-corrected chi connectivity index (χ1v) is 6.00. The SMILES string of the molecule is C=CCNCC(=O)NCCOc1cccc(C)c1. The van der Waals surface area contributed by atoms with Crippen LogP contribution in [0.3, 0.4) is 0 Å². The quantitative estimate of drug-likeness (QED) is 0.538. The van der Waals surface area contributed by atoms with E-state index in [0.29, 0.717) is 26.2 Å². The monoisotopic (exact) mass is 248 g/mol. The molecule has 1 aromatic carbocycles. The number of amides is 1. The number of carbonyl (C=O) groups is 1. The summed E-state index contributed by atoms with van der Waals surface area (Å²) in [4.78, 5) is 11.3. The molecule has 18 heavy (non-hydrogen) atoms. The molecule has 0 radical (unpaired) electrons. The lowest BCUT2D eigenvalue weighted by molar-refractivity contribution is -0.120. The van der Waals surface area contributed by atoms with Crippen LogP contribution < -0.4 is 15.4 Å². The minimum absolute atomic E-state index is 0.0373. The summed E-state index contributed by atoms with van der Waals surface area (Å²) in [6, 6.07) is 7.83. The van der Waals surface area contributed by atoms with E-state index in [-0.39, 0.29) is 5.91 Å². The topological polar surface area (TPSA) is 50.4 Å². The van der Waals surface area contributed by atoms with Gasteiger partial charge in [-0.1, -0.05) is 18.2 Å². The van der Waals surface area contributed by atoms with Crippen molar-refractivity contribution in [2.75, 3.05) is 26.2 Å². The fourth-order valence-electron chi connectivity index (χ4n) is 1.41. The van der Waals surface area contributed by atoms with E-state index in [2.05, 4.69) is 17.2 Å². The van der Waals surface area contributed by atoms with Crippen LogP contribution in [-0.2, 0) is 4.79 Å². The van der Waals surface area contributed by atoms with Crippen LogP contribution in [-0.4, -0.2) is 32.1 Å². The third-order valence-corrected chi connectivity index (χ3v) is 2.26. The molecule has 4 heteroatoms. The first kappa shape index (κ1) is 14.3.